The van der Waals surface area contributed by atoms with Crippen molar-refractivity contribution in [2.24, 2.45) is 0 Å². The zero-order valence-electron chi connectivity index (χ0n) is 32.7. The molecule has 0 atom stereocenters. The van der Waals surface area contributed by atoms with Gasteiger partial charge in [0.15, 0.2) is 5.60 Å². The first-order chi connectivity index (χ1) is 27.5. The molecule has 58 heavy (non-hydrogen) atoms. The van der Waals surface area contributed by atoms with Crippen LogP contribution in [0.1, 0.15) is 85.8 Å². The number of carbonyl (C=O) groups is 3. The second-order valence-electron chi connectivity index (χ2n) is 14.6. The number of aromatic hydroxyl groups is 4. The molecular formula is C48H44O10. The highest BCUT2D eigenvalue weighted by molar-refractivity contribution is 5.96. The minimum atomic E-state index is -1.12. The summed E-state index contributed by atoms with van der Waals surface area (Å²) >= 11 is 0. The van der Waals surface area contributed by atoms with Crippen LogP contribution in [0.25, 0.3) is 0 Å². The Balaban J connectivity index is 0.000000199. The fourth-order valence-corrected chi connectivity index (χ4v) is 7.24. The molecule has 0 bridgehead atoms. The SMILES string of the molecule is Cc1cc(C(C)(c2ccc(OC(=O)CCC(=O)O)cc2)c2ccc(O)c(C)c2)ccc1O.Cc1cc(C2(c3ccc(O)c(C)c3)OC(=O)c3ccccc32)ccc1O. The molecule has 0 saturated heterocycles. The highest BCUT2D eigenvalue weighted by atomic mass is 16.6. The number of carboxylic acid groups (broad SMARTS) is 1. The van der Waals surface area contributed by atoms with Crippen molar-refractivity contribution < 1.29 is 49.4 Å². The van der Waals surface area contributed by atoms with Crippen molar-refractivity contribution >= 4 is 17.9 Å². The number of ether oxygens (including phenoxy) is 2. The third-order valence-corrected chi connectivity index (χ3v) is 10.7. The minimum Gasteiger partial charge on any atom is -0.508 e. The number of hydrogen-bond donors (Lipinski definition) is 5. The van der Waals surface area contributed by atoms with Crippen molar-refractivity contribution in [3.8, 4) is 28.7 Å². The van der Waals surface area contributed by atoms with Crippen molar-refractivity contribution in [3.05, 3.63) is 183 Å². The molecule has 5 N–H and O–H groups in total. The number of phenols is 4. The lowest BCUT2D eigenvalue weighted by Crippen LogP contribution is -2.29. The van der Waals surface area contributed by atoms with Crippen LogP contribution in [-0.2, 0) is 25.3 Å². The molecule has 0 fully saturated rings. The van der Waals surface area contributed by atoms with Gasteiger partial charge in [0.2, 0.25) is 0 Å². The predicted octanol–water partition coefficient (Wildman–Crippen LogP) is 9.02. The molecular weight excluding hydrogens is 737 g/mol. The van der Waals surface area contributed by atoms with Crippen LogP contribution in [0.2, 0.25) is 0 Å². The number of carbonyl (C=O) groups excluding carboxylic acids is 2. The average Bonchev–Trinajstić information content (AvgIpc) is 3.51. The Hall–Kier alpha value is -7.07. The van der Waals surface area contributed by atoms with E-state index in [1.54, 1.807) is 74.5 Å². The van der Waals surface area contributed by atoms with E-state index in [-0.39, 0.29) is 35.8 Å². The molecule has 0 spiro atoms. The monoisotopic (exact) mass is 780 g/mol. The standard InChI is InChI=1S/C26H26O6.C22H18O4/c1-16-14-19(6-10-22(16)27)26(3,20-7-11-23(28)17(2)15-20)18-4-8-21(9-5-18)32-25(31)13-12-24(29)30;1-13-11-15(7-9-19(13)23)22(16-8-10-20(24)14(2)12-16)18-6-4-3-5-17(18)21(25)26-22/h4-11,14-15,27-28H,12-13H2,1-3H3,(H,29,30);3-12,23-24H,1-2H3. The number of esters is 2. The van der Waals surface area contributed by atoms with E-state index in [0.29, 0.717) is 22.4 Å². The van der Waals surface area contributed by atoms with Crippen LogP contribution in [0.3, 0.4) is 0 Å². The van der Waals surface area contributed by atoms with Crippen LogP contribution in [-0.4, -0.2) is 43.4 Å². The summed E-state index contributed by atoms with van der Waals surface area (Å²) in [6.07, 6.45) is -0.482. The molecule has 1 aliphatic heterocycles. The van der Waals surface area contributed by atoms with Gasteiger partial charge >= 0.3 is 17.9 Å². The maximum atomic E-state index is 12.6. The van der Waals surface area contributed by atoms with Gasteiger partial charge in [-0.2, -0.15) is 0 Å². The molecule has 0 radical (unpaired) electrons. The van der Waals surface area contributed by atoms with Gasteiger partial charge in [-0.05, 0) is 128 Å². The molecule has 0 saturated carbocycles. The first-order valence-electron chi connectivity index (χ1n) is 18.6. The number of aliphatic carboxylic acids is 1. The fraction of sp³-hybridized carbons (Fsp3) is 0.188. The summed E-state index contributed by atoms with van der Waals surface area (Å²) in [6.45, 7) is 9.33. The van der Waals surface area contributed by atoms with Crippen molar-refractivity contribution in [1.29, 1.82) is 0 Å². The van der Waals surface area contributed by atoms with Crippen molar-refractivity contribution in [2.75, 3.05) is 0 Å². The van der Waals surface area contributed by atoms with Gasteiger partial charge in [-0.15, -0.1) is 0 Å². The van der Waals surface area contributed by atoms with Gasteiger partial charge in [-0.1, -0.05) is 66.7 Å². The summed E-state index contributed by atoms with van der Waals surface area (Å²) in [7, 11) is 0. The Kier molecular flexibility index (Phi) is 11.3. The highest BCUT2D eigenvalue weighted by Crippen LogP contribution is 2.48. The highest BCUT2D eigenvalue weighted by Gasteiger charge is 2.48. The predicted molar refractivity (Wildman–Crippen MR) is 218 cm³/mol. The van der Waals surface area contributed by atoms with Gasteiger partial charge in [0.05, 0.1) is 18.4 Å². The third kappa shape index (κ3) is 7.82. The Morgan fingerprint density at radius 3 is 1.52 bits per heavy atom. The van der Waals surface area contributed by atoms with E-state index in [1.165, 1.54) is 0 Å². The first-order valence-corrected chi connectivity index (χ1v) is 18.6. The summed E-state index contributed by atoms with van der Waals surface area (Å²) in [5.41, 5.74) is 6.70. The minimum absolute atomic E-state index is 0.184. The van der Waals surface area contributed by atoms with E-state index in [1.807, 2.05) is 74.5 Å². The number of aryl methyl sites for hydroxylation is 4. The zero-order valence-corrected chi connectivity index (χ0v) is 32.7. The number of hydrogen-bond acceptors (Lipinski definition) is 9. The number of carboxylic acids is 1. The van der Waals surface area contributed by atoms with Crippen molar-refractivity contribution in [3.63, 3.8) is 0 Å². The molecule has 0 unspecified atom stereocenters. The molecule has 6 aromatic rings. The van der Waals surface area contributed by atoms with E-state index in [4.69, 9.17) is 14.6 Å². The molecule has 1 aliphatic rings. The number of cyclic esters (lactones) is 1. The summed E-state index contributed by atoms with van der Waals surface area (Å²) < 4.78 is 11.2. The van der Waals surface area contributed by atoms with Crippen molar-refractivity contribution in [1.82, 2.24) is 0 Å². The molecule has 0 aliphatic carbocycles. The first kappa shape index (κ1) is 40.6. The van der Waals surface area contributed by atoms with Crippen LogP contribution in [0.15, 0.2) is 121 Å². The lowest BCUT2D eigenvalue weighted by Gasteiger charge is -2.33. The molecule has 10 nitrogen and oxygen atoms in total. The van der Waals surface area contributed by atoms with Crippen LogP contribution in [0.5, 0.6) is 28.7 Å². The zero-order chi connectivity index (χ0) is 41.9. The van der Waals surface area contributed by atoms with Gasteiger partial charge < -0.3 is 35.0 Å². The van der Waals surface area contributed by atoms with Crippen LogP contribution in [0.4, 0.5) is 0 Å². The van der Waals surface area contributed by atoms with E-state index < -0.39 is 28.9 Å². The third-order valence-electron chi connectivity index (χ3n) is 10.7. The quantitative estimate of drug-likeness (QED) is 0.0542. The fourth-order valence-electron chi connectivity index (χ4n) is 7.24. The van der Waals surface area contributed by atoms with Crippen LogP contribution < -0.4 is 4.74 Å². The molecule has 1 heterocycles. The lowest BCUT2D eigenvalue weighted by molar-refractivity contribution is -0.142. The van der Waals surface area contributed by atoms with E-state index >= 15 is 0 Å². The van der Waals surface area contributed by atoms with E-state index in [2.05, 4.69) is 6.92 Å². The van der Waals surface area contributed by atoms with Crippen LogP contribution in [0, 0.1) is 27.7 Å². The van der Waals surface area contributed by atoms with Crippen LogP contribution >= 0.6 is 0 Å². The topological polar surface area (TPSA) is 171 Å². The normalized spacial score (nSPS) is 12.8. The maximum absolute atomic E-state index is 12.6. The molecule has 0 aromatic heterocycles. The Bertz CT molecular complexity index is 2430. The van der Waals surface area contributed by atoms with E-state index in [0.717, 1.165) is 44.5 Å². The molecule has 10 heteroatoms. The lowest BCUT2D eigenvalue weighted by atomic mass is 9.70. The number of phenolic OH excluding ortho intramolecular Hbond substituents is 4. The maximum Gasteiger partial charge on any atom is 0.340 e. The molecule has 7 rings (SSSR count). The second kappa shape index (κ2) is 16.2. The Morgan fingerprint density at radius 2 is 1.05 bits per heavy atom. The number of fused-ring (bicyclic) bond motifs is 1. The summed E-state index contributed by atoms with van der Waals surface area (Å²) in [5.74, 6) is -0.935. The molecule has 6 aromatic carbocycles. The van der Waals surface area contributed by atoms with Gasteiger partial charge in [0, 0.05) is 22.1 Å². The summed E-state index contributed by atoms with van der Waals surface area (Å²) in [5, 5.41) is 48.6. The van der Waals surface area contributed by atoms with Gasteiger partial charge in [-0.3, -0.25) is 9.59 Å². The van der Waals surface area contributed by atoms with Gasteiger partial charge in [-0.25, -0.2) is 4.79 Å². The smallest absolute Gasteiger partial charge is 0.340 e. The largest absolute Gasteiger partial charge is 0.508 e. The van der Waals surface area contributed by atoms with E-state index in [9.17, 15) is 34.8 Å². The number of benzene rings is 6. The summed E-state index contributed by atoms with van der Waals surface area (Å²) in [6, 6.07) is 35.7. The number of rotatable bonds is 9. The Morgan fingerprint density at radius 1 is 0.603 bits per heavy atom. The molecule has 0 amide bonds. The Labute approximate surface area is 336 Å². The summed E-state index contributed by atoms with van der Waals surface area (Å²) in [4.78, 5) is 35.1. The van der Waals surface area contributed by atoms with Crippen molar-refractivity contribution in [2.45, 2.75) is 58.5 Å². The molecule has 296 valence electrons. The van der Waals surface area contributed by atoms with Gasteiger partial charge in [0.25, 0.3) is 0 Å². The average molecular weight is 781 g/mol. The second-order valence-corrected chi connectivity index (χ2v) is 14.6. The van der Waals surface area contributed by atoms with Gasteiger partial charge in [0.1, 0.15) is 28.7 Å².